The van der Waals surface area contributed by atoms with E-state index in [2.05, 4.69) is 18.2 Å². The summed E-state index contributed by atoms with van der Waals surface area (Å²) in [7, 11) is 0. The van der Waals surface area contributed by atoms with Crippen LogP contribution in [-0.2, 0) is 12.8 Å². The molecule has 0 spiro atoms. The van der Waals surface area contributed by atoms with Crippen LogP contribution in [0.4, 0.5) is 0 Å². The van der Waals surface area contributed by atoms with Gasteiger partial charge < -0.3 is 5.73 Å². The molecule has 1 atom stereocenters. The van der Waals surface area contributed by atoms with Crippen molar-refractivity contribution < 1.29 is 0 Å². The lowest BCUT2D eigenvalue weighted by Gasteiger charge is -2.07. The van der Waals surface area contributed by atoms with Crippen molar-refractivity contribution in [1.29, 1.82) is 0 Å². The molecule has 0 fully saturated rings. The summed E-state index contributed by atoms with van der Waals surface area (Å²) in [6.45, 7) is 2.04. The zero-order valence-corrected chi connectivity index (χ0v) is 8.73. The van der Waals surface area contributed by atoms with Crippen LogP contribution in [0.3, 0.4) is 0 Å². The van der Waals surface area contributed by atoms with Gasteiger partial charge in [-0.2, -0.15) is 0 Å². The van der Waals surface area contributed by atoms with Gasteiger partial charge in [0.25, 0.3) is 0 Å². The van der Waals surface area contributed by atoms with E-state index in [1.165, 1.54) is 36.0 Å². The monoisotopic (exact) mass is 197 g/mol. The minimum absolute atomic E-state index is 0. The van der Waals surface area contributed by atoms with Crippen molar-refractivity contribution in [2.24, 2.45) is 5.73 Å². The maximum absolute atomic E-state index is 5.81. The summed E-state index contributed by atoms with van der Waals surface area (Å²) in [6.07, 6.45) is 3.82. The maximum Gasteiger partial charge on any atom is 0.0266 e. The van der Waals surface area contributed by atoms with Gasteiger partial charge in [0.2, 0.25) is 0 Å². The largest absolute Gasteiger partial charge is 0.324 e. The van der Waals surface area contributed by atoms with Crippen LogP contribution in [0.2, 0.25) is 0 Å². The van der Waals surface area contributed by atoms with Crippen LogP contribution in [0.1, 0.15) is 36.1 Å². The van der Waals surface area contributed by atoms with E-state index in [4.69, 9.17) is 5.73 Å². The summed E-state index contributed by atoms with van der Waals surface area (Å²) in [5.41, 5.74) is 10.1. The van der Waals surface area contributed by atoms with Gasteiger partial charge in [-0.1, -0.05) is 18.2 Å². The number of aryl methyl sites for hydroxylation is 2. The highest BCUT2D eigenvalue weighted by Gasteiger charge is 2.11. The standard InChI is InChI=1S/C11H15N.ClH/c1-8(12)10-6-5-9-3-2-4-11(9)7-10;/h5-8H,2-4,12H2,1H3;1H/t8-;/m1./s1. The van der Waals surface area contributed by atoms with E-state index in [1.807, 2.05) is 6.92 Å². The molecule has 0 saturated heterocycles. The molecule has 0 heterocycles. The Labute approximate surface area is 85.7 Å². The lowest BCUT2D eigenvalue weighted by atomic mass is 10.0. The highest BCUT2D eigenvalue weighted by molar-refractivity contribution is 5.85. The first kappa shape index (κ1) is 10.6. The van der Waals surface area contributed by atoms with E-state index in [-0.39, 0.29) is 18.4 Å². The molecule has 72 valence electrons. The zero-order valence-electron chi connectivity index (χ0n) is 7.92. The first-order chi connectivity index (χ1) is 5.77. The van der Waals surface area contributed by atoms with Gasteiger partial charge in [-0.25, -0.2) is 0 Å². The molecule has 0 saturated carbocycles. The van der Waals surface area contributed by atoms with E-state index in [0.717, 1.165) is 0 Å². The van der Waals surface area contributed by atoms with Crippen LogP contribution in [0.5, 0.6) is 0 Å². The molecule has 0 unspecified atom stereocenters. The maximum atomic E-state index is 5.81. The molecule has 0 aromatic heterocycles. The Hall–Kier alpha value is -0.530. The van der Waals surface area contributed by atoms with Gasteiger partial charge in [-0.15, -0.1) is 12.4 Å². The smallest absolute Gasteiger partial charge is 0.0266 e. The predicted molar refractivity (Wildman–Crippen MR) is 58.3 cm³/mol. The summed E-state index contributed by atoms with van der Waals surface area (Å²) < 4.78 is 0. The number of rotatable bonds is 1. The second kappa shape index (κ2) is 4.12. The van der Waals surface area contributed by atoms with Gasteiger partial charge in [0.15, 0.2) is 0 Å². The van der Waals surface area contributed by atoms with E-state index < -0.39 is 0 Å². The molecule has 0 bridgehead atoms. The molecule has 2 heteroatoms. The first-order valence-electron chi connectivity index (χ1n) is 4.64. The molecule has 1 aliphatic carbocycles. The summed E-state index contributed by atoms with van der Waals surface area (Å²) in [4.78, 5) is 0. The van der Waals surface area contributed by atoms with E-state index in [0.29, 0.717) is 0 Å². The average molecular weight is 198 g/mol. The average Bonchev–Trinajstić information content (AvgIpc) is 2.49. The molecule has 2 N–H and O–H groups in total. The number of nitrogens with two attached hydrogens (primary N) is 1. The van der Waals surface area contributed by atoms with Crippen molar-refractivity contribution in [1.82, 2.24) is 0 Å². The fourth-order valence-corrected chi connectivity index (χ4v) is 1.87. The minimum Gasteiger partial charge on any atom is -0.324 e. The Balaban J connectivity index is 0.000000845. The Morgan fingerprint density at radius 1 is 1.23 bits per heavy atom. The summed E-state index contributed by atoms with van der Waals surface area (Å²) >= 11 is 0. The summed E-state index contributed by atoms with van der Waals surface area (Å²) in [5.74, 6) is 0. The van der Waals surface area contributed by atoms with Crippen molar-refractivity contribution in [3.8, 4) is 0 Å². The lowest BCUT2D eigenvalue weighted by molar-refractivity contribution is 0.815. The Morgan fingerprint density at radius 2 is 1.92 bits per heavy atom. The van der Waals surface area contributed by atoms with E-state index in [9.17, 15) is 0 Å². The summed E-state index contributed by atoms with van der Waals surface area (Å²) in [6, 6.07) is 6.85. The highest BCUT2D eigenvalue weighted by Crippen LogP contribution is 2.24. The normalized spacial score (nSPS) is 16.2. The van der Waals surface area contributed by atoms with Gasteiger partial charge >= 0.3 is 0 Å². The molecule has 1 aromatic rings. The highest BCUT2D eigenvalue weighted by atomic mass is 35.5. The van der Waals surface area contributed by atoms with E-state index >= 15 is 0 Å². The third-order valence-electron chi connectivity index (χ3n) is 2.65. The molecule has 2 rings (SSSR count). The third-order valence-corrected chi connectivity index (χ3v) is 2.65. The van der Waals surface area contributed by atoms with Crippen molar-refractivity contribution in [2.45, 2.75) is 32.2 Å². The van der Waals surface area contributed by atoms with Crippen LogP contribution in [0.25, 0.3) is 0 Å². The minimum atomic E-state index is 0. The van der Waals surface area contributed by atoms with Crippen LogP contribution < -0.4 is 5.73 Å². The SMILES string of the molecule is C[C@@H](N)c1ccc2c(c1)CCC2.Cl. The van der Waals surface area contributed by atoms with Crippen LogP contribution in [-0.4, -0.2) is 0 Å². The second-order valence-electron chi connectivity index (χ2n) is 3.67. The molecule has 1 aromatic carbocycles. The quantitative estimate of drug-likeness (QED) is 0.736. The van der Waals surface area contributed by atoms with Gasteiger partial charge in [-0.3, -0.25) is 0 Å². The number of halogens is 1. The fourth-order valence-electron chi connectivity index (χ4n) is 1.87. The van der Waals surface area contributed by atoms with Crippen LogP contribution in [0.15, 0.2) is 18.2 Å². The van der Waals surface area contributed by atoms with Crippen molar-refractivity contribution in [3.05, 3.63) is 34.9 Å². The molecule has 0 amide bonds. The van der Waals surface area contributed by atoms with Crippen LogP contribution in [0, 0.1) is 0 Å². The number of hydrogen-bond acceptors (Lipinski definition) is 1. The van der Waals surface area contributed by atoms with Crippen molar-refractivity contribution in [2.75, 3.05) is 0 Å². The molecule has 13 heavy (non-hydrogen) atoms. The van der Waals surface area contributed by atoms with Gasteiger partial charge in [0, 0.05) is 6.04 Å². The third kappa shape index (κ3) is 2.04. The molecule has 1 aliphatic rings. The van der Waals surface area contributed by atoms with Crippen molar-refractivity contribution >= 4 is 12.4 Å². The topological polar surface area (TPSA) is 26.0 Å². The molecule has 1 nitrogen and oxygen atoms in total. The summed E-state index contributed by atoms with van der Waals surface area (Å²) in [5, 5.41) is 0. The number of hydrogen-bond donors (Lipinski definition) is 1. The Bertz CT molecular complexity index is 294. The fraction of sp³-hybridized carbons (Fsp3) is 0.455. The molecular weight excluding hydrogens is 182 g/mol. The Kier molecular flexibility index (Phi) is 3.34. The molecule has 0 radical (unpaired) electrons. The Morgan fingerprint density at radius 3 is 2.62 bits per heavy atom. The van der Waals surface area contributed by atoms with Gasteiger partial charge in [0.1, 0.15) is 0 Å². The zero-order chi connectivity index (χ0) is 8.55. The van der Waals surface area contributed by atoms with Crippen molar-refractivity contribution in [3.63, 3.8) is 0 Å². The predicted octanol–water partition coefficient (Wildman–Crippen LogP) is 2.62. The molecule has 0 aliphatic heterocycles. The lowest BCUT2D eigenvalue weighted by Crippen LogP contribution is -2.05. The second-order valence-corrected chi connectivity index (χ2v) is 3.67. The van der Waals surface area contributed by atoms with Gasteiger partial charge in [0.05, 0.1) is 0 Å². The van der Waals surface area contributed by atoms with Gasteiger partial charge in [-0.05, 0) is 42.9 Å². The molecular formula is C11H16ClN. The first-order valence-corrected chi connectivity index (χ1v) is 4.64. The van der Waals surface area contributed by atoms with Crippen LogP contribution >= 0.6 is 12.4 Å². The number of benzene rings is 1. The van der Waals surface area contributed by atoms with E-state index in [1.54, 1.807) is 0 Å². The number of fused-ring (bicyclic) bond motifs is 1.